The van der Waals surface area contributed by atoms with Crippen LogP contribution in [0.2, 0.25) is 0 Å². The number of carbonyl (C=O) groups excluding carboxylic acids is 1. The third kappa shape index (κ3) is 1.41. The fourth-order valence-electron chi connectivity index (χ4n) is 0.794. The Labute approximate surface area is 56.1 Å². The fraction of sp³-hybridized carbons (Fsp3) is 0.800. The highest BCUT2D eigenvalue weighted by Gasteiger charge is 2.42. The highest BCUT2D eigenvalue weighted by atomic mass is 19.3. The zero-order chi connectivity index (χ0) is 7.78. The quantitative estimate of drug-likeness (QED) is 0.568. The van der Waals surface area contributed by atoms with E-state index in [9.17, 15) is 13.6 Å². The molecule has 1 amide bonds. The summed E-state index contributed by atoms with van der Waals surface area (Å²) >= 11 is 0. The smallest absolute Gasteiger partial charge is 0.274 e. The van der Waals surface area contributed by atoms with Crippen molar-refractivity contribution in [3.05, 3.63) is 0 Å². The minimum atomic E-state index is -2.88. The summed E-state index contributed by atoms with van der Waals surface area (Å²) in [7, 11) is 0. The highest BCUT2D eigenvalue weighted by molar-refractivity contribution is 5.79. The molecular weight excluding hydrogens is 144 g/mol. The molecule has 1 saturated heterocycles. The number of hydrogen-bond acceptors (Lipinski definition) is 2. The molecule has 1 aliphatic rings. The minimum absolute atomic E-state index is 0.581. The maximum Gasteiger partial charge on any atom is 0.274 e. The molecule has 58 valence electrons. The summed E-state index contributed by atoms with van der Waals surface area (Å²) in [6.07, 6.45) is -1.68. The summed E-state index contributed by atoms with van der Waals surface area (Å²) in [6, 6.07) is 0. The first-order chi connectivity index (χ1) is 4.51. The molecule has 0 spiro atoms. The van der Waals surface area contributed by atoms with Crippen molar-refractivity contribution in [2.75, 3.05) is 6.61 Å². The van der Waals surface area contributed by atoms with Gasteiger partial charge in [0, 0.05) is 6.42 Å². The first-order valence-corrected chi connectivity index (χ1v) is 2.80. The maximum atomic E-state index is 12.2. The number of amides is 1. The number of hydrogen-bond donors (Lipinski definition) is 1. The van der Waals surface area contributed by atoms with E-state index in [1.165, 1.54) is 0 Å². The molecule has 2 N–H and O–H groups in total. The fourth-order valence-corrected chi connectivity index (χ4v) is 0.794. The molecule has 1 heterocycles. The van der Waals surface area contributed by atoms with Crippen LogP contribution >= 0.6 is 0 Å². The average Bonchev–Trinajstić information content (AvgIpc) is 2.10. The highest BCUT2D eigenvalue weighted by Crippen LogP contribution is 2.28. The second kappa shape index (κ2) is 2.16. The van der Waals surface area contributed by atoms with E-state index in [2.05, 4.69) is 4.74 Å². The van der Waals surface area contributed by atoms with E-state index in [4.69, 9.17) is 5.73 Å². The molecule has 0 saturated carbocycles. The SMILES string of the molecule is NC(=O)C1CC(F)(F)CO1. The molecule has 1 unspecified atom stereocenters. The number of halogens is 2. The lowest BCUT2D eigenvalue weighted by atomic mass is 10.2. The summed E-state index contributed by atoms with van der Waals surface area (Å²) in [6.45, 7) is -0.694. The lowest BCUT2D eigenvalue weighted by Crippen LogP contribution is -2.28. The molecule has 1 aliphatic heterocycles. The predicted octanol–water partition coefficient (Wildman–Crippen LogP) is -0.104. The molecule has 0 bridgehead atoms. The zero-order valence-corrected chi connectivity index (χ0v) is 5.14. The van der Waals surface area contributed by atoms with Crippen LogP contribution in [0.5, 0.6) is 0 Å². The molecule has 0 aromatic rings. The molecule has 3 nitrogen and oxygen atoms in total. The second-order valence-corrected chi connectivity index (χ2v) is 2.26. The van der Waals surface area contributed by atoms with E-state index in [0.29, 0.717) is 0 Å². The standard InChI is InChI=1S/C5H7F2NO2/c6-5(7)1-3(4(8)9)10-2-5/h3H,1-2H2,(H2,8,9). The molecule has 0 radical (unpaired) electrons. The summed E-state index contributed by atoms with van der Waals surface area (Å²) in [5.41, 5.74) is 4.72. The van der Waals surface area contributed by atoms with Gasteiger partial charge in [-0.3, -0.25) is 4.79 Å². The number of primary amides is 1. The Morgan fingerprint density at radius 1 is 1.70 bits per heavy atom. The molecule has 1 fully saturated rings. The monoisotopic (exact) mass is 151 g/mol. The maximum absolute atomic E-state index is 12.2. The van der Waals surface area contributed by atoms with Crippen LogP contribution in [-0.4, -0.2) is 24.5 Å². The van der Waals surface area contributed by atoms with Crippen molar-refractivity contribution in [3.8, 4) is 0 Å². The van der Waals surface area contributed by atoms with Crippen LogP contribution in [0.25, 0.3) is 0 Å². The van der Waals surface area contributed by atoms with E-state index < -0.39 is 31.0 Å². The van der Waals surface area contributed by atoms with E-state index in [1.807, 2.05) is 0 Å². The molecule has 1 atom stereocenters. The van der Waals surface area contributed by atoms with Gasteiger partial charge in [0.25, 0.3) is 5.92 Å². The second-order valence-electron chi connectivity index (χ2n) is 2.26. The molecule has 0 aromatic carbocycles. The van der Waals surface area contributed by atoms with Gasteiger partial charge in [0.1, 0.15) is 12.7 Å². The predicted molar refractivity (Wildman–Crippen MR) is 28.5 cm³/mol. The summed E-state index contributed by atoms with van der Waals surface area (Å²) in [5.74, 6) is -3.70. The van der Waals surface area contributed by atoms with Crippen LogP contribution < -0.4 is 5.73 Å². The lowest BCUT2D eigenvalue weighted by molar-refractivity contribution is -0.126. The number of alkyl halides is 2. The van der Waals surface area contributed by atoms with Gasteiger partial charge >= 0.3 is 0 Å². The van der Waals surface area contributed by atoms with Gasteiger partial charge in [0.2, 0.25) is 5.91 Å². The number of ether oxygens (including phenoxy) is 1. The van der Waals surface area contributed by atoms with Crippen molar-refractivity contribution in [1.29, 1.82) is 0 Å². The number of carbonyl (C=O) groups is 1. The van der Waals surface area contributed by atoms with Gasteiger partial charge in [-0.05, 0) is 0 Å². The molecule has 5 heteroatoms. The van der Waals surface area contributed by atoms with Gasteiger partial charge in [0.05, 0.1) is 0 Å². The summed E-state index contributed by atoms with van der Waals surface area (Å²) in [5, 5.41) is 0. The third-order valence-corrected chi connectivity index (χ3v) is 1.30. The third-order valence-electron chi connectivity index (χ3n) is 1.30. The van der Waals surface area contributed by atoms with Crippen molar-refractivity contribution >= 4 is 5.91 Å². The Hall–Kier alpha value is -0.710. The van der Waals surface area contributed by atoms with Crippen LogP contribution in [0, 0.1) is 0 Å². The number of nitrogens with two attached hydrogens (primary N) is 1. The van der Waals surface area contributed by atoms with Gasteiger partial charge in [-0.15, -0.1) is 0 Å². The average molecular weight is 151 g/mol. The Kier molecular flexibility index (Phi) is 1.60. The van der Waals surface area contributed by atoms with E-state index in [-0.39, 0.29) is 0 Å². The van der Waals surface area contributed by atoms with E-state index in [0.717, 1.165) is 0 Å². The Morgan fingerprint density at radius 2 is 2.30 bits per heavy atom. The van der Waals surface area contributed by atoms with Crippen LogP contribution in [0.1, 0.15) is 6.42 Å². The first kappa shape index (κ1) is 7.40. The van der Waals surface area contributed by atoms with Gasteiger partial charge in [0.15, 0.2) is 0 Å². The molecule has 0 aromatic heterocycles. The first-order valence-electron chi connectivity index (χ1n) is 2.80. The van der Waals surface area contributed by atoms with Crippen LogP contribution in [0.15, 0.2) is 0 Å². The van der Waals surface area contributed by atoms with Crippen LogP contribution in [-0.2, 0) is 9.53 Å². The van der Waals surface area contributed by atoms with Crippen molar-refractivity contribution in [2.45, 2.75) is 18.4 Å². The lowest BCUT2D eigenvalue weighted by Gasteiger charge is -2.02. The topological polar surface area (TPSA) is 52.3 Å². The Balaban J connectivity index is 2.51. The van der Waals surface area contributed by atoms with Gasteiger partial charge in [-0.2, -0.15) is 0 Å². The van der Waals surface area contributed by atoms with Crippen molar-refractivity contribution in [1.82, 2.24) is 0 Å². The number of rotatable bonds is 1. The Morgan fingerprint density at radius 3 is 2.50 bits per heavy atom. The molecular formula is C5H7F2NO2. The molecule has 1 rings (SSSR count). The summed E-state index contributed by atoms with van der Waals surface area (Å²) < 4.78 is 28.8. The van der Waals surface area contributed by atoms with Crippen molar-refractivity contribution in [2.24, 2.45) is 5.73 Å². The molecule has 10 heavy (non-hydrogen) atoms. The van der Waals surface area contributed by atoms with Gasteiger partial charge in [-0.1, -0.05) is 0 Å². The Bertz CT molecular complexity index is 160. The van der Waals surface area contributed by atoms with Crippen molar-refractivity contribution < 1.29 is 18.3 Å². The van der Waals surface area contributed by atoms with Crippen LogP contribution in [0.4, 0.5) is 8.78 Å². The largest absolute Gasteiger partial charge is 0.367 e. The zero-order valence-electron chi connectivity index (χ0n) is 5.14. The van der Waals surface area contributed by atoms with E-state index in [1.54, 1.807) is 0 Å². The summed E-state index contributed by atoms with van der Waals surface area (Å²) in [4.78, 5) is 10.3. The van der Waals surface area contributed by atoms with Crippen LogP contribution in [0.3, 0.4) is 0 Å². The normalized spacial score (nSPS) is 30.4. The molecule has 0 aliphatic carbocycles. The van der Waals surface area contributed by atoms with Gasteiger partial charge in [-0.25, -0.2) is 8.78 Å². The van der Waals surface area contributed by atoms with Crippen molar-refractivity contribution in [3.63, 3.8) is 0 Å². The van der Waals surface area contributed by atoms with E-state index >= 15 is 0 Å². The minimum Gasteiger partial charge on any atom is -0.367 e. The van der Waals surface area contributed by atoms with Gasteiger partial charge < -0.3 is 10.5 Å².